The summed E-state index contributed by atoms with van der Waals surface area (Å²) >= 11 is 0. The number of morpholine rings is 1. The van der Waals surface area contributed by atoms with Gasteiger partial charge in [0.2, 0.25) is 5.95 Å². The average molecular weight is 502 g/mol. The fourth-order valence-electron chi connectivity index (χ4n) is 4.05. The molecule has 4 rings (SSSR count). The van der Waals surface area contributed by atoms with Crippen molar-refractivity contribution in [3.63, 3.8) is 0 Å². The predicted molar refractivity (Wildman–Crippen MR) is 125 cm³/mol. The number of anilines is 1. The molecule has 0 aromatic carbocycles. The first-order valence-corrected chi connectivity index (χ1v) is 11.4. The van der Waals surface area contributed by atoms with Crippen LogP contribution < -0.4 is 5.32 Å². The van der Waals surface area contributed by atoms with Crippen molar-refractivity contribution in [3.8, 4) is 11.4 Å². The van der Waals surface area contributed by atoms with Gasteiger partial charge in [-0.1, -0.05) is 0 Å². The molecule has 1 fully saturated rings. The molecule has 0 spiro atoms. The molecule has 1 N–H and O–H groups in total. The van der Waals surface area contributed by atoms with Crippen LogP contribution in [-0.2, 0) is 10.9 Å². The molecule has 1 aliphatic heterocycles. The number of amides is 1. The molecule has 0 saturated carbocycles. The van der Waals surface area contributed by atoms with E-state index < -0.39 is 17.8 Å². The summed E-state index contributed by atoms with van der Waals surface area (Å²) in [5.41, 5.74) is 1.41. The Labute approximate surface area is 206 Å². The summed E-state index contributed by atoms with van der Waals surface area (Å²) in [6.07, 6.45) is -0.502. The second-order valence-corrected chi connectivity index (χ2v) is 8.71. The quantitative estimate of drug-likeness (QED) is 0.564. The topological polar surface area (TPSA) is 106 Å². The summed E-state index contributed by atoms with van der Waals surface area (Å²) in [6.45, 7) is 7.89. The maximum absolute atomic E-state index is 13.9. The molecule has 4 heterocycles. The second-order valence-electron chi connectivity index (χ2n) is 8.71. The van der Waals surface area contributed by atoms with Gasteiger partial charge in [0.25, 0.3) is 5.91 Å². The third-order valence-corrected chi connectivity index (χ3v) is 6.03. The van der Waals surface area contributed by atoms with Gasteiger partial charge in [-0.15, -0.1) is 0 Å². The Morgan fingerprint density at radius 2 is 1.81 bits per heavy atom. The van der Waals surface area contributed by atoms with Gasteiger partial charge in [-0.05, 0) is 45.4 Å². The molecule has 9 nitrogen and oxygen atoms in total. The van der Waals surface area contributed by atoms with Gasteiger partial charge in [-0.25, -0.2) is 24.9 Å². The zero-order chi connectivity index (χ0) is 26.0. The van der Waals surface area contributed by atoms with Crippen LogP contribution in [0.5, 0.6) is 0 Å². The molecule has 1 saturated heterocycles. The highest BCUT2D eigenvalue weighted by Gasteiger charge is 2.38. The van der Waals surface area contributed by atoms with Gasteiger partial charge < -0.3 is 15.0 Å². The standard InChI is InChI=1S/C24H26F3N7O2/c1-13-8-18(21-28-6-5-7-29-21)20(33-15(13)3)22(35)34-12-14(2)36-16(4)19(34)11-32-23-30-9-17(10-31-23)24(25,26)27/h5-10,14,16,19H,11-12H2,1-4H3,(H,30,31,32)/t14-,16+,19-/m1/s1. The molecule has 36 heavy (non-hydrogen) atoms. The summed E-state index contributed by atoms with van der Waals surface area (Å²) in [4.78, 5) is 36.3. The maximum Gasteiger partial charge on any atom is 0.419 e. The minimum Gasteiger partial charge on any atom is -0.372 e. The molecule has 0 radical (unpaired) electrons. The fourth-order valence-corrected chi connectivity index (χ4v) is 4.05. The number of halogens is 3. The molecule has 0 bridgehead atoms. The minimum absolute atomic E-state index is 0.0175. The number of carbonyl (C=O) groups excluding carboxylic acids is 1. The number of hydrogen-bond acceptors (Lipinski definition) is 8. The normalized spacial score (nSPS) is 20.3. The number of alkyl halides is 3. The van der Waals surface area contributed by atoms with E-state index in [9.17, 15) is 18.0 Å². The third kappa shape index (κ3) is 5.43. The van der Waals surface area contributed by atoms with Crippen LogP contribution >= 0.6 is 0 Å². The van der Waals surface area contributed by atoms with E-state index in [-0.39, 0.29) is 36.3 Å². The third-order valence-electron chi connectivity index (χ3n) is 6.03. The van der Waals surface area contributed by atoms with Crippen molar-refractivity contribution < 1.29 is 22.7 Å². The minimum atomic E-state index is -4.52. The van der Waals surface area contributed by atoms with Crippen molar-refractivity contribution in [2.75, 3.05) is 18.4 Å². The lowest BCUT2D eigenvalue weighted by atomic mass is 10.0. The van der Waals surface area contributed by atoms with E-state index in [1.165, 1.54) is 0 Å². The molecule has 3 atom stereocenters. The smallest absolute Gasteiger partial charge is 0.372 e. The number of hydrogen-bond donors (Lipinski definition) is 1. The van der Waals surface area contributed by atoms with Crippen LogP contribution in [0.3, 0.4) is 0 Å². The van der Waals surface area contributed by atoms with Crippen LogP contribution in [0.2, 0.25) is 0 Å². The van der Waals surface area contributed by atoms with Crippen LogP contribution in [0.25, 0.3) is 11.4 Å². The summed E-state index contributed by atoms with van der Waals surface area (Å²) in [6, 6.07) is 3.07. The van der Waals surface area contributed by atoms with Crippen LogP contribution in [-0.4, -0.2) is 67.1 Å². The number of pyridine rings is 1. The molecular formula is C24H26F3N7O2. The molecule has 1 amide bonds. The first-order valence-electron chi connectivity index (χ1n) is 11.4. The Hall–Kier alpha value is -3.67. The van der Waals surface area contributed by atoms with E-state index in [1.54, 1.807) is 23.4 Å². The molecule has 0 aliphatic carbocycles. The zero-order valence-electron chi connectivity index (χ0n) is 20.2. The SMILES string of the molecule is Cc1cc(-c2ncccn2)c(C(=O)N2C[C@@H](C)O[C@@H](C)[C@H]2CNc2ncc(C(F)(F)F)cn2)nc1C. The van der Waals surface area contributed by atoms with Crippen LogP contribution in [0.1, 0.15) is 41.2 Å². The molecule has 3 aromatic heterocycles. The Balaban J connectivity index is 1.62. The lowest BCUT2D eigenvalue weighted by molar-refractivity contribution is -0.138. The first kappa shape index (κ1) is 25.4. The summed E-state index contributed by atoms with van der Waals surface area (Å²) < 4.78 is 44.4. The van der Waals surface area contributed by atoms with Gasteiger partial charge in [0, 0.05) is 43.6 Å². The molecular weight excluding hydrogens is 475 g/mol. The highest BCUT2D eigenvalue weighted by Crippen LogP contribution is 2.29. The van der Waals surface area contributed by atoms with E-state index in [0.29, 0.717) is 36.0 Å². The van der Waals surface area contributed by atoms with Gasteiger partial charge >= 0.3 is 6.18 Å². The summed E-state index contributed by atoms with van der Waals surface area (Å²) in [7, 11) is 0. The van der Waals surface area contributed by atoms with Crippen molar-refractivity contribution in [2.24, 2.45) is 0 Å². The molecule has 3 aromatic rings. The van der Waals surface area contributed by atoms with Gasteiger partial charge in [0.15, 0.2) is 5.82 Å². The number of aromatic nitrogens is 5. The van der Waals surface area contributed by atoms with Gasteiger partial charge in [-0.3, -0.25) is 4.79 Å². The van der Waals surface area contributed by atoms with Crippen molar-refractivity contribution in [2.45, 2.75) is 52.1 Å². The van der Waals surface area contributed by atoms with Crippen molar-refractivity contribution >= 4 is 11.9 Å². The Morgan fingerprint density at radius 3 is 2.44 bits per heavy atom. The van der Waals surface area contributed by atoms with Crippen LogP contribution in [0.15, 0.2) is 36.9 Å². The molecule has 12 heteroatoms. The van der Waals surface area contributed by atoms with Crippen LogP contribution in [0.4, 0.5) is 19.1 Å². The average Bonchev–Trinajstić information content (AvgIpc) is 2.84. The van der Waals surface area contributed by atoms with Gasteiger partial charge in [0.1, 0.15) is 5.69 Å². The van der Waals surface area contributed by atoms with Crippen molar-refractivity contribution in [1.29, 1.82) is 0 Å². The highest BCUT2D eigenvalue weighted by molar-refractivity contribution is 5.98. The van der Waals surface area contributed by atoms with E-state index in [0.717, 1.165) is 5.56 Å². The number of rotatable bonds is 5. The monoisotopic (exact) mass is 501 g/mol. The largest absolute Gasteiger partial charge is 0.419 e. The number of aryl methyl sites for hydroxylation is 2. The van der Waals surface area contributed by atoms with E-state index >= 15 is 0 Å². The lowest BCUT2D eigenvalue weighted by Gasteiger charge is -2.42. The predicted octanol–water partition coefficient (Wildman–Crippen LogP) is 3.69. The first-order chi connectivity index (χ1) is 17.0. The maximum atomic E-state index is 13.9. The lowest BCUT2D eigenvalue weighted by Crippen LogP contribution is -2.58. The van der Waals surface area contributed by atoms with E-state index in [1.807, 2.05) is 33.8 Å². The Morgan fingerprint density at radius 1 is 1.14 bits per heavy atom. The molecule has 190 valence electrons. The fraction of sp³-hybridized carbons (Fsp3) is 0.417. The highest BCUT2D eigenvalue weighted by atomic mass is 19.4. The van der Waals surface area contributed by atoms with Gasteiger partial charge in [-0.2, -0.15) is 13.2 Å². The number of ether oxygens (including phenoxy) is 1. The molecule has 0 unspecified atom stereocenters. The number of carbonyl (C=O) groups is 1. The zero-order valence-corrected chi connectivity index (χ0v) is 20.2. The van der Waals surface area contributed by atoms with Crippen molar-refractivity contribution in [1.82, 2.24) is 29.8 Å². The Bertz CT molecular complexity index is 1220. The summed E-state index contributed by atoms with van der Waals surface area (Å²) in [5.74, 6) is 0.0882. The van der Waals surface area contributed by atoms with E-state index in [2.05, 4.69) is 30.2 Å². The Kier molecular flexibility index (Phi) is 7.16. The molecule has 1 aliphatic rings. The number of nitrogens with one attached hydrogen (secondary N) is 1. The summed E-state index contributed by atoms with van der Waals surface area (Å²) in [5, 5.41) is 2.93. The van der Waals surface area contributed by atoms with E-state index in [4.69, 9.17) is 4.74 Å². The number of nitrogens with zero attached hydrogens (tertiary/aromatic N) is 6. The van der Waals surface area contributed by atoms with Gasteiger partial charge in [0.05, 0.1) is 29.4 Å². The van der Waals surface area contributed by atoms with Crippen molar-refractivity contribution in [3.05, 3.63) is 59.4 Å². The second kappa shape index (κ2) is 10.1. The van der Waals surface area contributed by atoms with Crippen LogP contribution in [0, 0.1) is 13.8 Å².